The monoisotopic (exact) mass is 355 g/mol. The molecule has 2 rings (SSSR count). The van der Waals surface area contributed by atoms with Gasteiger partial charge < -0.3 is 5.11 Å². The Labute approximate surface area is 117 Å². The number of aromatic nitrogens is 1. The molecule has 0 aliphatic heterocycles. The Kier molecular flexibility index (Phi) is 4.31. The second-order valence-corrected chi connectivity index (χ2v) is 5.52. The lowest BCUT2D eigenvalue weighted by Crippen LogP contribution is -2.02. The van der Waals surface area contributed by atoms with Crippen LogP contribution in [-0.4, -0.2) is 10.1 Å². The van der Waals surface area contributed by atoms with Crippen molar-refractivity contribution in [1.82, 2.24) is 4.98 Å². The van der Waals surface area contributed by atoms with E-state index in [1.165, 1.54) is 0 Å². The molecule has 2 aromatic rings. The highest BCUT2D eigenvalue weighted by molar-refractivity contribution is 9.10. The van der Waals surface area contributed by atoms with E-state index in [2.05, 4.69) is 36.8 Å². The van der Waals surface area contributed by atoms with Crippen LogP contribution in [-0.2, 0) is 6.42 Å². The molecule has 2 nitrogen and oxygen atoms in total. The maximum atomic E-state index is 10.2. The first-order chi connectivity index (χ1) is 8.16. The molecule has 0 saturated heterocycles. The number of hydrogen-bond acceptors (Lipinski definition) is 2. The lowest BCUT2D eigenvalue weighted by molar-refractivity contribution is 0.177. The molecule has 0 amide bonds. The minimum absolute atomic E-state index is 0.526. The van der Waals surface area contributed by atoms with Gasteiger partial charge in [0.2, 0.25) is 0 Å². The quantitative estimate of drug-likeness (QED) is 0.905. The van der Waals surface area contributed by atoms with Gasteiger partial charge >= 0.3 is 0 Å². The Balaban J connectivity index is 2.17. The molecule has 1 unspecified atom stereocenters. The van der Waals surface area contributed by atoms with Gasteiger partial charge in [-0.2, -0.15) is 0 Å². The minimum atomic E-state index is -0.526. The molecule has 88 valence electrons. The van der Waals surface area contributed by atoms with Crippen molar-refractivity contribution >= 4 is 31.9 Å². The molecule has 0 radical (unpaired) electrons. The Bertz CT molecular complexity index is 516. The highest BCUT2D eigenvalue weighted by Gasteiger charge is 2.11. The number of pyridine rings is 1. The van der Waals surface area contributed by atoms with Gasteiger partial charge in [0.1, 0.15) is 0 Å². The molecule has 0 aliphatic carbocycles. The standard InChI is InChI=1S/C13H11Br2NO/c14-10-5-9(7-16-8-10)6-13(17)11-3-1-2-4-12(11)15/h1-5,7-8,13,17H,6H2. The summed E-state index contributed by atoms with van der Waals surface area (Å²) in [5.74, 6) is 0. The molecule has 0 aliphatic rings. The van der Waals surface area contributed by atoms with E-state index >= 15 is 0 Å². The lowest BCUT2D eigenvalue weighted by atomic mass is 10.0. The van der Waals surface area contributed by atoms with Crippen molar-refractivity contribution in [3.05, 3.63) is 62.8 Å². The van der Waals surface area contributed by atoms with Crippen LogP contribution in [0.3, 0.4) is 0 Å². The van der Waals surface area contributed by atoms with Crippen molar-refractivity contribution in [2.45, 2.75) is 12.5 Å². The van der Waals surface area contributed by atoms with Crippen LogP contribution < -0.4 is 0 Å². The van der Waals surface area contributed by atoms with Gasteiger partial charge in [0.15, 0.2) is 0 Å². The number of halogens is 2. The van der Waals surface area contributed by atoms with Crippen molar-refractivity contribution in [2.24, 2.45) is 0 Å². The molecule has 1 aromatic heterocycles. The van der Waals surface area contributed by atoms with Gasteiger partial charge in [-0.3, -0.25) is 4.98 Å². The first-order valence-electron chi connectivity index (χ1n) is 5.19. The number of aliphatic hydroxyl groups is 1. The van der Waals surface area contributed by atoms with E-state index in [1.807, 2.05) is 30.3 Å². The van der Waals surface area contributed by atoms with Gasteiger partial charge in [0, 0.05) is 27.8 Å². The summed E-state index contributed by atoms with van der Waals surface area (Å²) >= 11 is 6.81. The molecular formula is C13H11Br2NO. The largest absolute Gasteiger partial charge is 0.388 e. The Morgan fingerprint density at radius 1 is 1.18 bits per heavy atom. The Hall–Kier alpha value is -0.710. The van der Waals surface area contributed by atoms with E-state index in [4.69, 9.17) is 0 Å². The molecule has 0 bridgehead atoms. The first kappa shape index (κ1) is 12.7. The van der Waals surface area contributed by atoms with E-state index in [0.29, 0.717) is 6.42 Å². The molecule has 1 atom stereocenters. The summed E-state index contributed by atoms with van der Waals surface area (Å²) in [6.45, 7) is 0. The fraction of sp³-hybridized carbons (Fsp3) is 0.154. The van der Waals surface area contributed by atoms with Crippen molar-refractivity contribution in [2.75, 3.05) is 0 Å². The molecule has 1 aromatic carbocycles. The van der Waals surface area contributed by atoms with Gasteiger partial charge in [0.05, 0.1) is 6.10 Å². The van der Waals surface area contributed by atoms with Crippen molar-refractivity contribution < 1.29 is 5.11 Å². The fourth-order valence-corrected chi connectivity index (χ4v) is 2.61. The van der Waals surface area contributed by atoms with Crippen LogP contribution in [0.5, 0.6) is 0 Å². The topological polar surface area (TPSA) is 33.1 Å². The zero-order valence-corrected chi connectivity index (χ0v) is 12.1. The highest BCUT2D eigenvalue weighted by atomic mass is 79.9. The number of nitrogens with zero attached hydrogens (tertiary/aromatic N) is 1. The maximum Gasteiger partial charge on any atom is 0.0841 e. The van der Waals surface area contributed by atoms with E-state index in [9.17, 15) is 5.11 Å². The van der Waals surface area contributed by atoms with E-state index in [-0.39, 0.29) is 0 Å². The molecule has 1 heterocycles. The fourth-order valence-electron chi connectivity index (χ4n) is 1.65. The van der Waals surface area contributed by atoms with Gasteiger partial charge in [-0.15, -0.1) is 0 Å². The predicted molar refractivity (Wildman–Crippen MR) is 74.7 cm³/mol. The normalized spacial score (nSPS) is 12.4. The summed E-state index contributed by atoms with van der Waals surface area (Å²) in [6, 6.07) is 9.66. The van der Waals surface area contributed by atoms with E-state index in [1.54, 1.807) is 12.4 Å². The summed E-state index contributed by atoms with van der Waals surface area (Å²) < 4.78 is 1.85. The van der Waals surface area contributed by atoms with Crippen LogP contribution in [0.1, 0.15) is 17.2 Å². The Morgan fingerprint density at radius 3 is 2.65 bits per heavy atom. The van der Waals surface area contributed by atoms with Crippen molar-refractivity contribution in [3.8, 4) is 0 Å². The number of rotatable bonds is 3. The maximum absolute atomic E-state index is 10.2. The molecule has 0 spiro atoms. The third-order valence-corrected chi connectivity index (χ3v) is 3.61. The van der Waals surface area contributed by atoms with Gasteiger partial charge in [-0.05, 0) is 39.2 Å². The Morgan fingerprint density at radius 2 is 1.94 bits per heavy atom. The van der Waals surface area contributed by atoms with Crippen LogP contribution in [0.15, 0.2) is 51.7 Å². The molecular weight excluding hydrogens is 346 g/mol. The number of hydrogen-bond donors (Lipinski definition) is 1. The summed E-state index contributed by atoms with van der Waals surface area (Å²) in [7, 11) is 0. The summed E-state index contributed by atoms with van der Waals surface area (Å²) in [5, 5.41) is 10.2. The first-order valence-corrected chi connectivity index (χ1v) is 6.77. The second kappa shape index (κ2) is 5.76. The van der Waals surface area contributed by atoms with Gasteiger partial charge in [-0.25, -0.2) is 0 Å². The predicted octanol–water partition coefficient (Wildman–Crippen LogP) is 3.88. The highest BCUT2D eigenvalue weighted by Crippen LogP contribution is 2.26. The second-order valence-electron chi connectivity index (χ2n) is 3.75. The molecule has 1 N–H and O–H groups in total. The summed E-state index contributed by atoms with van der Waals surface area (Å²) in [5.41, 5.74) is 1.90. The lowest BCUT2D eigenvalue weighted by Gasteiger charge is -2.12. The summed E-state index contributed by atoms with van der Waals surface area (Å²) in [4.78, 5) is 4.08. The molecule has 0 saturated carbocycles. The zero-order chi connectivity index (χ0) is 12.3. The third kappa shape index (κ3) is 3.37. The van der Waals surface area contributed by atoms with Crippen molar-refractivity contribution in [3.63, 3.8) is 0 Å². The van der Waals surface area contributed by atoms with E-state index < -0.39 is 6.10 Å². The number of benzene rings is 1. The molecule has 17 heavy (non-hydrogen) atoms. The minimum Gasteiger partial charge on any atom is -0.388 e. The third-order valence-electron chi connectivity index (χ3n) is 2.45. The molecule has 0 fully saturated rings. The zero-order valence-electron chi connectivity index (χ0n) is 8.98. The average Bonchev–Trinajstić information content (AvgIpc) is 2.29. The van der Waals surface area contributed by atoms with Crippen LogP contribution in [0.2, 0.25) is 0 Å². The smallest absolute Gasteiger partial charge is 0.0841 e. The van der Waals surface area contributed by atoms with Crippen molar-refractivity contribution in [1.29, 1.82) is 0 Å². The molecule has 4 heteroatoms. The van der Waals surface area contributed by atoms with E-state index in [0.717, 1.165) is 20.1 Å². The summed E-state index contributed by atoms with van der Waals surface area (Å²) in [6.07, 6.45) is 3.52. The average molecular weight is 357 g/mol. The van der Waals surface area contributed by atoms with Crippen LogP contribution in [0, 0.1) is 0 Å². The SMILES string of the molecule is OC(Cc1cncc(Br)c1)c1ccccc1Br. The van der Waals surface area contributed by atoms with Crippen LogP contribution in [0.4, 0.5) is 0 Å². The van der Waals surface area contributed by atoms with Crippen LogP contribution >= 0.6 is 31.9 Å². The van der Waals surface area contributed by atoms with Gasteiger partial charge in [0.25, 0.3) is 0 Å². The van der Waals surface area contributed by atoms with Gasteiger partial charge in [-0.1, -0.05) is 34.1 Å². The van der Waals surface area contributed by atoms with Crippen LogP contribution in [0.25, 0.3) is 0 Å². The number of aliphatic hydroxyl groups excluding tert-OH is 1.